The summed E-state index contributed by atoms with van der Waals surface area (Å²) in [6, 6.07) is 6.24. The Hall–Kier alpha value is -0.780. The van der Waals surface area contributed by atoms with Gasteiger partial charge in [-0.05, 0) is 26.3 Å². The lowest BCUT2D eigenvalue weighted by Gasteiger charge is -2.37. The zero-order valence-corrected chi connectivity index (χ0v) is 15.1. The summed E-state index contributed by atoms with van der Waals surface area (Å²) < 4.78 is 5.25. The molecule has 1 unspecified atom stereocenters. The smallest absolute Gasteiger partial charge is 0.213 e. The third-order valence-electron chi connectivity index (χ3n) is 4.01. The Morgan fingerprint density at radius 2 is 2.09 bits per heavy atom. The Kier molecular flexibility index (Phi) is 6.53. The highest BCUT2D eigenvalue weighted by Crippen LogP contribution is 2.22. The molecule has 0 aromatic carbocycles. The topological polar surface area (TPSA) is 37.4 Å². The zero-order valence-electron chi connectivity index (χ0n) is 14.3. The third kappa shape index (κ3) is 5.14. The first kappa shape index (κ1) is 17.6. The van der Waals surface area contributed by atoms with Crippen LogP contribution in [0.3, 0.4) is 0 Å². The van der Waals surface area contributed by atoms with Crippen molar-refractivity contribution in [3.8, 4) is 5.88 Å². The minimum atomic E-state index is 0.0629. The third-order valence-corrected chi connectivity index (χ3v) is 4.95. The number of hydrogen-bond donors (Lipinski definition) is 1. The average Bonchev–Trinajstić information content (AvgIpc) is 2.53. The first-order chi connectivity index (χ1) is 10.5. The fourth-order valence-corrected chi connectivity index (χ4v) is 3.94. The Morgan fingerprint density at radius 1 is 1.36 bits per heavy atom. The van der Waals surface area contributed by atoms with Gasteiger partial charge in [-0.3, -0.25) is 4.90 Å². The number of nitrogens with zero attached hydrogens (tertiary/aromatic N) is 2. The van der Waals surface area contributed by atoms with E-state index in [9.17, 15) is 0 Å². The maximum absolute atomic E-state index is 5.25. The molecular formula is C17H29N3OS. The molecule has 2 heterocycles. The maximum atomic E-state index is 5.25. The van der Waals surface area contributed by atoms with Gasteiger partial charge in [0.15, 0.2) is 0 Å². The number of aromatic nitrogens is 1. The summed E-state index contributed by atoms with van der Waals surface area (Å²) >= 11 is 2.06. The van der Waals surface area contributed by atoms with Gasteiger partial charge in [-0.1, -0.05) is 13.0 Å². The van der Waals surface area contributed by atoms with Gasteiger partial charge in [0.2, 0.25) is 5.88 Å². The predicted octanol–water partition coefficient (Wildman–Crippen LogP) is 2.96. The van der Waals surface area contributed by atoms with Crippen molar-refractivity contribution in [2.75, 3.05) is 38.2 Å². The molecule has 22 heavy (non-hydrogen) atoms. The zero-order chi connectivity index (χ0) is 16.0. The van der Waals surface area contributed by atoms with Crippen LogP contribution in [0.5, 0.6) is 5.88 Å². The van der Waals surface area contributed by atoms with Crippen molar-refractivity contribution in [3.63, 3.8) is 0 Å². The van der Waals surface area contributed by atoms with Crippen LogP contribution in [-0.2, 0) is 0 Å². The average molecular weight is 324 g/mol. The van der Waals surface area contributed by atoms with Crippen LogP contribution in [0.1, 0.15) is 38.9 Å². The maximum Gasteiger partial charge on any atom is 0.213 e. The summed E-state index contributed by atoms with van der Waals surface area (Å²) in [5, 5.41) is 3.79. The highest BCUT2D eigenvalue weighted by Gasteiger charge is 2.26. The van der Waals surface area contributed by atoms with Gasteiger partial charge in [-0.25, -0.2) is 4.98 Å². The van der Waals surface area contributed by atoms with Gasteiger partial charge in [0.1, 0.15) is 0 Å². The summed E-state index contributed by atoms with van der Waals surface area (Å²) in [5.41, 5.74) is 1.12. The van der Waals surface area contributed by atoms with Crippen molar-refractivity contribution in [1.29, 1.82) is 0 Å². The number of nitrogens with one attached hydrogen (secondary N) is 1. The van der Waals surface area contributed by atoms with Gasteiger partial charge in [0.25, 0.3) is 0 Å². The quantitative estimate of drug-likeness (QED) is 0.835. The van der Waals surface area contributed by atoms with Crippen LogP contribution >= 0.6 is 11.8 Å². The van der Waals surface area contributed by atoms with Crippen molar-refractivity contribution in [3.05, 3.63) is 23.9 Å². The lowest BCUT2D eigenvalue weighted by molar-refractivity contribution is 0.199. The Morgan fingerprint density at radius 3 is 2.73 bits per heavy atom. The standard InChI is InChI=1S/C17H29N3OS/c1-5-14(15-7-6-8-16(18-15)21-4)19-17(2,3)13-20-9-11-22-12-10-20/h6-8,14,19H,5,9-13H2,1-4H3. The molecule has 1 fully saturated rings. The Bertz CT molecular complexity index is 461. The van der Waals surface area contributed by atoms with E-state index in [4.69, 9.17) is 4.74 Å². The van der Waals surface area contributed by atoms with Crippen molar-refractivity contribution in [1.82, 2.24) is 15.2 Å². The van der Waals surface area contributed by atoms with Crippen molar-refractivity contribution >= 4 is 11.8 Å². The minimum absolute atomic E-state index is 0.0629. The molecule has 124 valence electrons. The van der Waals surface area contributed by atoms with Crippen molar-refractivity contribution < 1.29 is 4.74 Å². The molecular weight excluding hydrogens is 294 g/mol. The molecule has 0 bridgehead atoms. The molecule has 0 spiro atoms. The summed E-state index contributed by atoms with van der Waals surface area (Å²) in [6.45, 7) is 10.3. The second-order valence-electron chi connectivity index (χ2n) is 6.48. The van der Waals surface area contributed by atoms with Crippen LogP contribution in [0.2, 0.25) is 0 Å². The molecule has 1 saturated heterocycles. The van der Waals surface area contributed by atoms with Crippen LogP contribution in [0.4, 0.5) is 0 Å². The van der Waals surface area contributed by atoms with Crippen LogP contribution in [-0.4, -0.2) is 53.7 Å². The molecule has 0 saturated carbocycles. The monoisotopic (exact) mass is 323 g/mol. The largest absolute Gasteiger partial charge is 0.481 e. The minimum Gasteiger partial charge on any atom is -0.481 e. The van der Waals surface area contributed by atoms with E-state index in [1.807, 2.05) is 12.1 Å². The van der Waals surface area contributed by atoms with E-state index in [-0.39, 0.29) is 11.6 Å². The highest BCUT2D eigenvalue weighted by atomic mass is 32.2. The van der Waals surface area contributed by atoms with E-state index in [1.165, 1.54) is 24.6 Å². The van der Waals surface area contributed by atoms with E-state index < -0.39 is 0 Å². The number of hydrogen-bond acceptors (Lipinski definition) is 5. The number of thioether (sulfide) groups is 1. The van der Waals surface area contributed by atoms with E-state index in [2.05, 4.69) is 53.8 Å². The molecule has 0 amide bonds. The SMILES string of the molecule is CCC(NC(C)(C)CN1CCSCC1)c1cccc(OC)n1. The fourth-order valence-electron chi connectivity index (χ4n) is 2.96. The van der Waals surface area contributed by atoms with Gasteiger partial charge < -0.3 is 10.1 Å². The van der Waals surface area contributed by atoms with E-state index in [0.29, 0.717) is 5.88 Å². The normalized spacial score (nSPS) is 18.2. The van der Waals surface area contributed by atoms with Crippen LogP contribution in [0, 0.1) is 0 Å². The number of ether oxygens (including phenoxy) is 1. The molecule has 1 aromatic rings. The molecule has 5 heteroatoms. The second-order valence-corrected chi connectivity index (χ2v) is 7.71. The van der Waals surface area contributed by atoms with Crippen molar-refractivity contribution in [2.45, 2.75) is 38.8 Å². The molecule has 0 radical (unpaired) electrons. The summed E-state index contributed by atoms with van der Waals surface area (Å²) in [6.07, 6.45) is 1.01. The van der Waals surface area contributed by atoms with Gasteiger partial charge in [0, 0.05) is 48.8 Å². The van der Waals surface area contributed by atoms with Gasteiger partial charge in [-0.2, -0.15) is 11.8 Å². The van der Waals surface area contributed by atoms with Gasteiger partial charge in [-0.15, -0.1) is 0 Å². The lowest BCUT2D eigenvalue weighted by atomic mass is 10.00. The van der Waals surface area contributed by atoms with Crippen molar-refractivity contribution in [2.24, 2.45) is 0 Å². The Labute approximate surface area is 139 Å². The molecule has 1 aliphatic heterocycles. The Balaban J connectivity index is 2.00. The highest BCUT2D eigenvalue weighted by molar-refractivity contribution is 7.99. The van der Waals surface area contributed by atoms with E-state index in [0.717, 1.165) is 18.7 Å². The number of methoxy groups -OCH3 is 1. The van der Waals surface area contributed by atoms with Crippen LogP contribution < -0.4 is 10.1 Å². The molecule has 4 nitrogen and oxygen atoms in total. The van der Waals surface area contributed by atoms with Gasteiger partial charge in [0.05, 0.1) is 12.8 Å². The predicted molar refractivity (Wildman–Crippen MR) is 94.8 cm³/mol. The number of rotatable bonds is 7. The lowest BCUT2D eigenvalue weighted by Crippen LogP contribution is -2.52. The van der Waals surface area contributed by atoms with Crippen LogP contribution in [0.15, 0.2) is 18.2 Å². The molecule has 2 rings (SSSR count). The van der Waals surface area contributed by atoms with Gasteiger partial charge >= 0.3 is 0 Å². The molecule has 0 aliphatic carbocycles. The second kappa shape index (κ2) is 8.18. The first-order valence-corrected chi connectivity index (χ1v) is 9.28. The van der Waals surface area contributed by atoms with Crippen LogP contribution in [0.25, 0.3) is 0 Å². The molecule has 1 aliphatic rings. The molecule has 1 N–H and O–H groups in total. The summed E-state index contributed by atoms with van der Waals surface area (Å²) in [5.74, 6) is 3.19. The fraction of sp³-hybridized carbons (Fsp3) is 0.706. The first-order valence-electron chi connectivity index (χ1n) is 8.13. The van der Waals surface area contributed by atoms with E-state index >= 15 is 0 Å². The van der Waals surface area contributed by atoms with E-state index in [1.54, 1.807) is 7.11 Å². The molecule has 1 atom stereocenters. The summed E-state index contributed by atoms with van der Waals surface area (Å²) in [7, 11) is 1.67. The summed E-state index contributed by atoms with van der Waals surface area (Å²) in [4.78, 5) is 7.16. The molecule has 1 aromatic heterocycles. The number of pyridine rings is 1.